The average Bonchev–Trinajstić information content (AvgIpc) is 1.81. The van der Waals surface area contributed by atoms with Gasteiger partial charge in [-0.3, -0.25) is 10.1 Å². The van der Waals surface area contributed by atoms with Gasteiger partial charge in [0.05, 0.1) is 0 Å². The van der Waals surface area contributed by atoms with Crippen molar-refractivity contribution < 1.29 is 18.7 Å². The molecule has 0 heterocycles. The Bertz CT molecular complexity index is 208. The maximum absolute atomic E-state index is 12.3. The lowest BCUT2D eigenvalue weighted by atomic mass is 10.2. The van der Waals surface area contributed by atoms with Crippen molar-refractivity contribution in [1.29, 1.82) is 0 Å². The molecule has 1 N–H and O–H groups in total. The molecule has 1 atom stereocenters. The monoisotopic (exact) mass is 191 g/mol. The van der Waals surface area contributed by atoms with Gasteiger partial charge in [0.15, 0.2) is 6.17 Å². The first-order chi connectivity index (χ1) is 5.72. The molecule has 0 aliphatic heterocycles. The Morgan fingerprint density at radius 2 is 1.85 bits per heavy atom. The number of carbonyl (C=O) groups excluding carboxylic acids is 2. The second-order valence-electron chi connectivity index (χ2n) is 3.61. The van der Waals surface area contributed by atoms with Crippen molar-refractivity contribution in [1.82, 2.24) is 5.32 Å². The molecule has 2 amide bonds. The fraction of sp³-hybridized carbons (Fsp3) is 0.750. The molecular weight excluding hydrogens is 177 g/mol. The Labute approximate surface area is 76.4 Å². The van der Waals surface area contributed by atoms with Crippen LogP contribution in [0.1, 0.15) is 27.7 Å². The Morgan fingerprint density at radius 1 is 1.38 bits per heavy atom. The average molecular weight is 191 g/mol. The first kappa shape index (κ1) is 11.9. The fourth-order valence-electron chi connectivity index (χ4n) is 0.504. The fourth-order valence-corrected chi connectivity index (χ4v) is 0.504. The summed E-state index contributed by atoms with van der Waals surface area (Å²) < 4.78 is 17.0. The van der Waals surface area contributed by atoms with Crippen molar-refractivity contribution in [2.24, 2.45) is 0 Å². The van der Waals surface area contributed by atoms with Gasteiger partial charge in [-0.15, -0.1) is 0 Å². The van der Waals surface area contributed by atoms with Crippen LogP contribution in [0.15, 0.2) is 0 Å². The molecule has 0 aliphatic carbocycles. The van der Waals surface area contributed by atoms with Crippen LogP contribution in [-0.2, 0) is 9.53 Å². The zero-order valence-electron chi connectivity index (χ0n) is 8.18. The van der Waals surface area contributed by atoms with Crippen LogP contribution < -0.4 is 5.32 Å². The summed E-state index contributed by atoms with van der Waals surface area (Å²) in [6.45, 7) is 5.99. The minimum Gasteiger partial charge on any atom is -0.444 e. The van der Waals surface area contributed by atoms with Gasteiger partial charge in [-0.25, -0.2) is 9.18 Å². The van der Waals surface area contributed by atoms with Crippen molar-refractivity contribution in [3.05, 3.63) is 0 Å². The van der Waals surface area contributed by atoms with Crippen LogP contribution in [0.4, 0.5) is 9.18 Å². The van der Waals surface area contributed by atoms with Crippen LogP contribution in [0.3, 0.4) is 0 Å². The Balaban J connectivity index is 3.96. The number of hydrogen-bond acceptors (Lipinski definition) is 3. The molecule has 4 nitrogen and oxygen atoms in total. The van der Waals surface area contributed by atoms with Crippen LogP contribution in [0, 0.1) is 0 Å². The Hall–Kier alpha value is -1.13. The van der Waals surface area contributed by atoms with Crippen molar-refractivity contribution in [3.8, 4) is 0 Å². The normalized spacial score (nSPS) is 13.3. The second-order valence-corrected chi connectivity index (χ2v) is 3.61. The number of hydrogen-bond donors (Lipinski definition) is 1. The summed E-state index contributed by atoms with van der Waals surface area (Å²) >= 11 is 0. The van der Waals surface area contributed by atoms with Crippen molar-refractivity contribution in [2.45, 2.75) is 39.5 Å². The number of nitrogens with one attached hydrogen (secondary N) is 1. The van der Waals surface area contributed by atoms with Crippen molar-refractivity contribution >= 4 is 12.0 Å². The molecule has 0 spiro atoms. The Kier molecular flexibility index (Phi) is 3.84. The van der Waals surface area contributed by atoms with E-state index in [-0.39, 0.29) is 0 Å². The van der Waals surface area contributed by atoms with Crippen LogP contribution in [-0.4, -0.2) is 23.8 Å². The number of imide groups is 1. The number of amides is 2. The van der Waals surface area contributed by atoms with E-state index >= 15 is 0 Å². The van der Waals surface area contributed by atoms with Gasteiger partial charge in [0.25, 0.3) is 5.91 Å². The molecular formula is C8H14FNO3. The lowest BCUT2D eigenvalue weighted by molar-refractivity contribution is -0.124. The topological polar surface area (TPSA) is 55.4 Å². The Morgan fingerprint density at radius 3 is 2.15 bits per heavy atom. The van der Waals surface area contributed by atoms with Gasteiger partial charge in [-0.05, 0) is 27.7 Å². The number of halogens is 1. The standard InChI is InChI=1S/C8H14FNO3/c1-5(9)6(11)10-7(12)13-8(2,3)4/h5H,1-4H3,(H,10,11,12). The first-order valence-corrected chi connectivity index (χ1v) is 3.90. The first-order valence-electron chi connectivity index (χ1n) is 3.90. The van der Waals surface area contributed by atoms with Crippen LogP contribution in [0.2, 0.25) is 0 Å². The zero-order chi connectivity index (χ0) is 10.6. The third-order valence-electron chi connectivity index (χ3n) is 0.985. The third kappa shape index (κ3) is 6.07. The van der Waals surface area contributed by atoms with E-state index in [1.54, 1.807) is 26.1 Å². The molecule has 0 fully saturated rings. The molecule has 0 bridgehead atoms. The third-order valence-corrected chi connectivity index (χ3v) is 0.985. The lowest BCUT2D eigenvalue weighted by Crippen LogP contribution is -2.39. The van der Waals surface area contributed by atoms with E-state index in [1.807, 2.05) is 0 Å². The van der Waals surface area contributed by atoms with Gasteiger partial charge in [0, 0.05) is 0 Å². The van der Waals surface area contributed by atoms with E-state index in [9.17, 15) is 14.0 Å². The number of ether oxygens (including phenoxy) is 1. The number of alkyl halides is 1. The predicted molar refractivity (Wildman–Crippen MR) is 44.9 cm³/mol. The highest BCUT2D eigenvalue weighted by atomic mass is 19.1. The van der Waals surface area contributed by atoms with E-state index in [1.165, 1.54) is 0 Å². The largest absolute Gasteiger partial charge is 0.444 e. The van der Waals surface area contributed by atoms with Crippen LogP contribution >= 0.6 is 0 Å². The molecule has 0 aliphatic rings. The molecule has 0 radical (unpaired) electrons. The highest BCUT2D eigenvalue weighted by Gasteiger charge is 2.20. The summed E-state index contributed by atoms with van der Waals surface area (Å²) in [6.07, 6.45) is -2.64. The number of rotatable bonds is 1. The summed E-state index contributed by atoms with van der Waals surface area (Å²) in [6, 6.07) is 0. The molecule has 0 saturated carbocycles. The van der Waals surface area contributed by atoms with E-state index in [4.69, 9.17) is 4.74 Å². The summed E-state index contributed by atoms with van der Waals surface area (Å²) in [4.78, 5) is 21.5. The molecule has 5 heteroatoms. The smallest absolute Gasteiger partial charge is 0.414 e. The second kappa shape index (κ2) is 4.20. The molecule has 76 valence electrons. The number of alkyl carbamates (subject to hydrolysis) is 1. The molecule has 0 rings (SSSR count). The van der Waals surface area contributed by atoms with Gasteiger partial charge in [0.2, 0.25) is 0 Å². The van der Waals surface area contributed by atoms with Crippen molar-refractivity contribution in [2.75, 3.05) is 0 Å². The van der Waals surface area contributed by atoms with E-state index in [0.717, 1.165) is 6.92 Å². The quantitative estimate of drug-likeness (QED) is 0.681. The van der Waals surface area contributed by atoms with Gasteiger partial charge >= 0.3 is 6.09 Å². The molecule has 0 aromatic rings. The summed E-state index contributed by atoms with van der Waals surface area (Å²) in [5.74, 6) is -0.991. The van der Waals surface area contributed by atoms with Crippen LogP contribution in [0.5, 0.6) is 0 Å². The molecule has 0 saturated heterocycles. The highest BCUT2D eigenvalue weighted by Crippen LogP contribution is 2.06. The van der Waals surface area contributed by atoms with Crippen LogP contribution in [0.25, 0.3) is 0 Å². The van der Waals surface area contributed by atoms with Gasteiger partial charge in [-0.2, -0.15) is 0 Å². The minimum atomic E-state index is -1.72. The molecule has 1 unspecified atom stereocenters. The summed E-state index contributed by atoms with van der Waals surface area (Å²) in [5.41, 5.74) is -0.691. The summed E-state index contributed by atoms with van der Waals surface area (Å²) in [5, 5.41) is 1.76. The maximum Gasteiger partial charge on any atom is 0.414 e. The van der Waals surface area contributed by atoms with E-state index in [0.29, 0.717) is 0 Å². The van der Waals surface area contributed by atoms with E-state index < -0.39 is 23.8 Å². The zero-order valence-corrected chi connectivity index (χ0v) is 8.18. The SMILES string of the molecule is CC(F)C(=O)NC(=O)OC(C)(C)C. The lowest BCUT2D eigenvalue weighted by Gasteiger charge is -2.19. The van der Waals surface area contributed by atoms with Crippen molar-refractivity contribution in [3.63, 3.8) is 0 Å². The molecule has 13 heavy (non-hydrogen) atoms. The maximum atomic E-state index is 12.3. The minimum absolute atomic E-state index is 0.691. The number of carbonyl (C=O) groups is 2. The molecule has 0 aromatic carbocycles. The highest BCUT2D eigenvalue weighted by molar-refractivity contribution is 5.94. The van der Waals surface area contributed by atoms with Gasteiger partial charge in [-0.1, -0.05) is 0 Å². The van der Waals surface area contributed by atoms with Gasteiger partial charge in [0.1, 0.15) is 5.60 Å². The predicted octanol–water partition coefficient (Wildman–Crippen LogP) is 1.40. The molecule has 0 aromatic heterocycles. The summed E-state index contributed by atoms with van der Waals surface area (Å²) in [7, 11) is 0. The van der Waals surface area contributed by atoms with E-state index in [2.05, 4.69) is 0 Å². The van der Waals surface area contributed by atoms with Gasteiger partial charge < -0.3 is 4.74 Å².